The molecular weight excluding hydrogens is 208 g/mol. The monoisotopic (exact) mass is 228 g/mol. The van der Waals surface area contributed by atoms with Crippen LogP contribution in [0.4, 0.5) is 0 Å². The molecule has 0 radical (unpaired) electrons. The van der Waals surface area contributed by atoms with Crippen molar-refractivity contribution in [1.82, 2.24) is 9.80 Å². The van der Waals surface area contributed by atoms with Crippen LogP contribution in [0.15, 0.2) is 0 Å². The number of hydrogen-bond acceptors (Lipinski definition) is 4. The summed E-state index contributed by atoms with van der Waals surface area (Å²) in [6.45, 7) is 3.94. The highest BCUT2D eigenvalue weighted by molar-refractivity contribution is 5.94. The van der Waals surface area contributed by atoms with Crippen LogP contribution in [0.1, 0.15) is 19.8 Å². The molecule has 1 aliphatic rings. The number of carbonyl (C=O) groups is 2. The number of carbonyl (C=O) groups excluding carboxylic acids is 2. The van der Waals surface area contributed by atoms with Crippen LogP contribution in [-0.4, -0.2) is 61.5 Å². The van der Waals surface area contributed by atoms with E-state index in [0.717, 1.165) is 19.5 Å². The second-order valence-corrected chi connectivity index (χ2v) is 4.19. The number of likely N-dealkylation sites (N-methyl/N-ethyl adjacent to an activating group) is 2. The largest absolute Gasteiger partial charge is 0.466 e. The molecule has 1 saturated heterocycles. The molecule has 1 heterocycles. The maximum atomic E-state index is 11.7. The molecule has 92 valence electrons. The highest BCUT2D eigenvalue weighted by Crippen LogP contribution is 2.13. The van der Waals surface area contributed by atoms with Crippen molar-refractivity contribution < 1.29 is 14.3 Å². The molecule has 0 spiro atoms. The van der Waals surface area contributed by atoms with E-state index in [1.807, 2.05) is 7.05 Å². The minimum Gasteiger partial charge on any atom is -0.466 e. The van der Waals surface area contributed by atoms with E-state index in [2.05, 4.69) is 4.90 Å². The fourth-order valence-corrected chi connectivity index (χ4v) is 1.89. The van der Waals surface area contributed by atoms with Gasteiger partial charge in [0.25, 0.3) is 0 Å². The molecule has 16 heavy (non-hydrogen) atoms. The van der Waals surface area contributed by atoms with Crippen molar-refractivity contribution in [3.63, 3.8) is 0 Å². The van der Waals surface area contributed by atoms with Gasteiger partial charge in [-0.05, 0) is 26.9 Å². The first kappa shape index (κ1) is 13.0. The lowest BCUT2D eigenvalue weighted by atomic mass is 10.2. The third-order valence-corrected chi connectivity index (χ3v) is 2.91. The molecule has 0 aromatic rings. The molecule has 5 heteroatoms. The molecule has 0 aromatic heterocycles. The highest BCUT2D eigenvalue weighted by atomic mass is 16.5. The summed E-state index contributed by atoms with van der Waals surface area (Å²) in [5.74, 6) is -0.593. The summed E-state index contributed by atoms with van der Waals surface area (Å²) in [6, 6.07) is 0.229. The molecule has 0 saturated carbocycles. The molecule has 1 fully saturated rings. The second kappa shape index (κ2) is 5.84. The Morgan fingerprint density at radius 3 is 2.69 bits per heavy atom. The van der Waals surface area contributed by atoms with E-state index in [-0.39, 0.29) is 18.4 Å². The lowest BCUT2D eigenvalue weighted by Crippen LogP contribution is -2.39. The Bertz CT molecular complexity index is 268. The number of rotatable bonds is 4. The van der Waals surface area contributed by atoms with Crippen molar-refractivity contribution in [1.29, 1.82) is 0 Å². The summed E-state index contributed by atoms with van der Waals surface area (Å²) < 4.78 is 4.75. The molecule has 0 bridgehead atoms. The Morgan fingerprint density at radius 2 is 2.19 bits per heavy atom. The van der Waals surface area contributed by atoms with Crippen molar-refractivity contribution in [2.45, 2.75) is 25.8 Å². The molecule has 0 aromatic carbocycles. The number of amides is 1. The van der Waals surface area contributed by atoms with Gasteiger partial charge in [0, 0.05) is 19.6 Å². The molecule has 1 atom stereocenters. The van der Waals surface area contributed by atoms with Gasteiger partial charge in [0.1, 0.15) is 6.42 Å². The van der Waals surface area contributed by atoms with Gasteiger partial charge in [-0.15, -0.1) is 0 Å². The third-order valence-electron chi connectivity index (χ3n) is 2.91. The van der Waals surface area contributed by atoms with E-state index in [0.29, 0.717) is 6.61 Å². The lowest BCUT2D eigenvalue weighted by molar-refractivity contribution is -0.148. The molecule has 1 rings (SSSR count). The van der Waals surface area contributed by atoms with E-state index in [4.69, 9.17) is 4.74 Å². The van der Waals surface area contributed by atoms with Gasteiger partial charge in [0.05, 0.1) is 6.61 Å². The average Bonchev–Trinajstić information content (AvgIpc) is 2.64. The van der Waals surface area contributed by atoms with Crippen LogP contribution < -0.4 is 0 Å². The summed E-state index contributed by atoms with van der Waals surface area (Å²) in [5, 5.41) is 0. The first-order valence-electron chi connectivity index (χ1n) is 5.64. The topological polar surface area (TPSA) is 49.9 Å². The quantitative estimate of drug-likeness (QED) is 0.506. The zero-order valence-corrected chi connectivity index (χ0v) is 10.2. The van der Waals surface area contributed by atoms with Gasteiger partial charge in [0.15, 0.2) is 0 Å². The molecule has 1 unspecified atom stereocenters. The van der Waals surface area contributed by atoms with Crippen molar-refractivity contribution >= 4 is 11.9 Å². The van der Waals surface area contributed by atoms with Crippen LogP contribution in [0.25, 0.3) is 0 Å². The summed E-state index contributed by atoms with van der Waals surface area (Å²) in [7, 11) is 3.79. The maximum absolute atomic E-state index is 11.7. The van der Waals surface area contributed by atoms with Gasteiger partial charge in [-0.2, -0.15) is 0 Å². The van der Waals surface area contributed by atoms with Gasteiger partial charge >= 0.3 is 5.97 Å². The van der Waals surface area contributed by atoms with Gasteiger partial charge in [0.2, 0.25) is 5.91 Å². The predicted molar refractivity (Wildman–Crippen MR) is 59.9 cm³/mol. The Labute approximate surface area is 96.3 Å². The second-order valence-electron chi connectivity index (χ2n) is 4.19. The minimum atomic E-state index is -0.439. The molecule has 0 aliphatic carbocycles. The Kier molecular flexibility index (Phi) is 4.73. The van der Waals surface area contributed by atoms with Gasteiger partial charge in [-0.3, -0.25) is 9.59 Å². The van der Waals surface area contributed by atoms with Gasteiger partial charge in [-0.25, -0.2) is 0 Å². The Morgan fingerprint density at radius 1 is 1.50 bits per heavy atom. The lowest BCUT2D eigenvalue weighted by Gasteiger charge is -2.24. The standard InChI is InChI=1S/C11H20N2O3/c1-4-16-11(15)7-10(14)13(3)9-5-6-12(2)8-9/h9H,4-8H2,1-3H3. The van der Waals surface area contributed by atoms with Crippen LogP contribution in [0.3, 0.4) is 0 Å². The number of hydrogen-bond donors (Lipinski definition) is 0. The first-order valence-corrected chi connectivity index (χ1v) is 5.64. The summed E-state index contributed by atoms with van der Waals surface area (Å²) in [6.07, 6.45) is 0.826. The fourth-order valence-electron chi connectivity index (χ4n) is 1.89. The molecule has 0 N–H and O–H groups in total. The normalized spacial score (nSPS) is 20.8. The third kappa shape index (κ3) is 3.48. The number of likely N-dealkylation sites (tertiary alicyclic amines) is 1. The van der Waals surface area contributed by atoms with E-state index < -0.39 is 5.97 Å². The van der Waals surface area contributed by atoms with Crippen LogP contribution in [0.5, 0.6) is 0 Å². The van der Waals surface area contributed by atoms with Crippen molar-refractivity contribution in [2.24, 2.45) is 0 Å². The van der Waals surface area contributed by atoms with Gasteiger partial charge in [-0.1, -0.05) is 0 Å². The molecular formula is C11H20N2O3. The first-order chi connectivity index (χ1) is 7.54. The summed E-state index contributed by atoms with van der Waals surface area (Å²) in [4.78, 5) is 26.7. The van der Waals surface area contributed by atoms with Crippen molar-refractivity contribution in [3.05, 3.63) is 0 Å². The van der Waals surface area contributed by atoms with E-state index in [1.165, 1.54) is 0 Å². The van der Waals surface area contributed by atoms with E-state index in [9.17, 15) is 9.59 Å². The smallest absolute Gasteiger partial charge is 0.315 e. The number of ether oxygens (including phenoxy) is 1. The van der Waals surface area contributed by atoms with Crippen LogP contribution >= 0.6 is 0 Å². The number of esters is 1. The Balaban J connectivity index is 2.38. The van der Waals surface area contributed by atoms with Crippen LogP contribution in [0.2, 0.25) is 0 Å². The zero-order valence-electron chi connectivity index (χ0n) is 10.2. The van der Waals surface area contributed by atoms with E-state index in [1.54, 1.807) is 18.9 Å². The van der Waals surface area contributed by atoms with Crippen LogP contribution in [-0.2, 0) is 14.3 Å². The van der Waals surface area contributed by atoms with Crippen LogP contribution in [0, 0.1) is 0 Å². The molecule has 1 aliphatic heterocycles. The SMILES string of the molecule is CCOC(=O)CC(=O)N(C)C1CCN(C)C1. The molecule has 5 nitrogen and oxygen atoms in total. The number of nitrogens with zero attached hydrogens (tertiary/aromatic N) is 2. The van der Waals surface area contributed by atoms with E-state index >= 15 is 0 Å². The summed E-state index contributed by atoms with van der Waals surface area (Å²) in [5.41, 5.74) is 0. The molecule has 1 amide bonds. The predicted octanol–water partition coefficient (Wildman–Crippen LogP) is 0.102. The Hall–Kier alpha value is -1.10. The summed E-state index contributed by atoms with van der Waals surface area (Å²) >= 11 is 0. The highest BCUT2D eigenvalue weighted by Gasteiger charge is 2.27. The van der Waals surface area contributed by atoms with Gasteiger partial charge < -0.3 is 14.5 Å². The van der Waals surface area contributed by atoms with Crippen molar-refractivity contribution in [2.75, 3.05) is 33.8 Å². The zero-order chi connectivity index (χ0) is 12.1. The fraction of sp³-hybridized carbons (Fsp3) is 0.818. The average molecular weight is 228 g/mol. The maximum Gasteiger partial charge on any atom is 0.315 e. The van der Waals surface area contributed by atoms with Crippen molar-refractivity contribution in [3.8, 4) is 0 Å². The minimum absolute atomic E-state index is 0.148.